The molecular formula is C22H18ClN4O3+. The van der Waals surface area contributed by atoms with E-state index in [2.05, 4.69) is 10.4 Å². The third-order valence-corrected chi connectivity index (χ3v) is 4.77. The first-order valence-corrected chi connectivity index (χ1v) is 9.44. The number of phenolic OH excluding ortho intramolecular Hbond substituents is 1. The van der Waals surface area contributed by atoms with Crippen LogP contribution in [-0.4, -0.2) is 28.1 Å². The predicted octanol–water partition coefficient (Wildman–Crippen LogP) is 3.66. The minimum atomic E-state index is -0.399. The molecule has 0 bridgehead atoms. The van der Waals surface area contributed by atoms with E-state index < -0.39 is 5.91 Å². The lowest BCUT2D eigenvalue weighted by atomic mass is 10.1. The summed E-state index contributed by atoms with van der Waals surface area (Å²) in [6, 6.07) is 17.4. The van der Waals surface area contributed by atoms with Gasteiger partial charge in [0, 0.05) is 16.7 Å². The highest BCUT2D eigenvalue weighted by Gasteiger charge is 2.22. The van der Waals surface area contributed by atoms with E-state index in [9.17, 15) is 9.90 Å². The fraction of sp³-hybridized carbons (Fsp3) is 0.0455. The lowest BCUT2D eigenvalue weighted by Gasteiger charge is -2.08. The van der Waals surface area contributed by atoms with Gasteiger partial charge in [-0.15, -0.1) is 0 Å². The highest BCUT2D eigenvalue weighted by molar-refractivity contribution is 6.30. The van der Waals surface area contributed by atoms with Crippen LogP contribution in [0.2, 0.25) is 5.02 Å². The highest BCUT2D eigenvalue weighted by atomic mass is 35.5. The molecule has 0 aliphatic carbocycles. The number of hydrogen-bond donors (Lipinski definition) is 3. The summed E-state index contributed by atoms with van der Waals surface area (Å²) in [5, 5.41) is 10.9. The van der Waals surface area contributed by atoms with E-state index in [4.69, 9.17) is 22.2 Å². The van der Waals surface area contributed by atoms with Crippen LogP contribution in [0.5, 0.6) is 11.5 Å². The Morgan fingerprint density at radius 2 is 2.07 bits per heavy atom. The van der Waals surface area contributed by atoms with Gasteiger partial charge in [0.05, 0.1) is 5.56 Å². The first-order valence-electron chi connectivity index (χ1n) is 9.06. The molecule has 0 atom stereocenters. The van der Waals surface area contributed by atoms with Crippen LogP contribution >= 0.6 is 11.6 Å². The maximum absolute atomic E-state index is 11.8. The van der Waals surface area contributed by atoms with E-state index >= 15 is 0 Å². The monoisotopic (exact) mass is 421 g/mol. The predicted molar refractivity (Wildman–Crippen MR) is 115 cm³/mol. The number of ether oxygens (including phenoxy) is 1. The molecule has 4 rings (SSSR count). The molecule has 150 valence electrons. The van der Waals surface area contributed by atoms with E-state index in [-0.39, 0.29) is 5.75 Å². The van der Waals surface area contributed by atoms with E-state index in [0.29, 0.717) is 39.9 Å². The van der Waals surface area contributed by atoms with Crippen LogP contribution in [0.25, 0.3) is 0 Å². The van der Waals surface area contributed by atoms with Gasteiger partial charge in [-0.05, 0) is 53.0 Å². The van der Waals surface area contributed by atoms with Crippen molar-refractivity contribution in [3.8, 4) is 11.5 Å². The van der Waals surface area contributed by atoms with Crippen molar-refractivity contribution in [3.63, 3.8) is 0 Å². The Morgan fingerprint density at radius 3 is 2.87 bits per heavy atom. The number of hydrazine groups is 1. The Hall–Kier alpha value is -3.68. The van der Waals surface area contributed by atoms with Crippen molar-refractivity contribution >= 4 is 41.4 Å². The molecule has 0 unspecified atom stereocenters. The van der Waals surface area contributed by atoms with Crippen LogP contribution < -0.4 is 16.0 Å². The van der Waals surface area contributed by atoms with Crippen LogP contribution in [0, 0.1) is 0 Å². The van der Waals surface area contributed by atoms with Crippen LogP contribution in [0.1, 0.15) is 21.5 Å². The number of rotatable bonds is 5. The van der Waals surface area contributed by atoms with E-state index in [1.165, 1.54) is 0 Å². The Labute approximate surface area is 177 Å². The van der Waals surface area contributed by atoms with E-state index in [1.54, 1.807) is 59.6 Å². The summed E-state index contributed by atoms with van der Waals surface area (Å²) < 4.78 is 7.55. The summed E-state index contributed by atoms with van der Waals surface area (Å²) in [6.45, 7) is 0.344. The molecule has 30 heavy (non-hydrogen) atoms. The van der Waals surface area contributed by atoms with Gasteiger partial charge in [-0.2, -0.15) is 4.58 Å². The summed E-state index contributed by atoms with van der Waals surface area (Å²) >= 11 is 6.01. The van der Waals surface area contributed by atoms with Crippen LogP contribution in [-0.2, 0) is 6.61 Å². The van der Waals surface area contributed by atoms with Crippen LogP contribution in [0.15, 0.2) is 65.7 Å². The third kappa shape index (κ3) is 4.17. The lowest BCUT2D eigenvalue weighted by molar-refractivity contribution is -0.282. The zero-order valence-electron chi connectivity index (χ0n) is 15.7. The number of nitrogen functional groups attached to an aromatic ring is 1. The van der Waals surface area contributed by atoms with Crippen molar-refractivity contribution in [2.24, 2.45) is 10.8 Å². The fourth-order valence-electron chi connectivity index (χ4n) is 3.02. The minimum absolute atomic E-state index is 0.0859. The van der Waals surface area contributed by atoms with Crippen molar-refractivity contribution in [1.82, 2.24) is 5.43 Å². The van der Waals surface area contributed by atoms with Gasteiger partial charge >= 0.3 is 0 Å². The number of aliphatic imine (C=N–C) groups is 1. The number of halogens is 1. The first-order chi connectivity index (χ1) is 14.5. The Balaban J connectivity index is 1.60. The molecule has 0 saturated carbocycles. The molecule has 0 saturated heterocycles. The second-order valence-electron chi connectivity index (χ2n) is 6.60. The van der Waals surface area contributed by atoms with Crippen LogP contribution in [0.4, 0.5) is 11.4 Å². The smallest absolute Gasteiger partial charge is 0.292 e. The standard InChI is InChI=1S/C22H17ClN4O3/c23-17-3-1-2-14(8-17)12-30-18-5-7-21(28)16(9-18)11-27-13-25-19-6-4-15(10-20(19)27)22(29)26-24/h1-11,13H,12,24H2,(H,26,29)/p+1. The normalized spacial score (nSPS) is 13.3. The van der Waals surface area contributed by atoms with E-state index in [1.807, 2.05) is 18.2 Å². The van der Waals surface area contributed by atoms with Crippen molar-refractivity contribution < 1.29 is 19.2 Å². The zero-order chi connectivity index (χ0) is 21.1. The topological polar surface area (TPSA) is 100.0 Å². The maximum atomic E-state index is 11.8. The average molecular weight is 422 g/mol. The number of hydrogen-bond acceptors (Lipinski definition) is 5. The molecule has 0 spiro atoms. The van der Waals surface area contributed by atoms with E-state index in [0.717, 1.165) is 5.56 Å². The summed E-state index contributed by atoms with van der Waals surface area (Å²) in [7, 11) is 0. The molecule has 3 aromatic rings. The van der Waals surface area contributed by atoms with Gasteiger partial charge in [-0.25, -0.2) is 5.84 Å². The summed E-state index contributed by atoms with van der Waals surface area (Å²) in [5.74, 6) is 5.49. The van der Waals surface area contributed by atoms with Crippen LogP contribution in [0.3, 0.4) is 0 Å². The molecule has 4 N–H and O–H groups in total. The van der Waals surface area contributed by atoms with Crippen molar-refractivity contribution in [2.75, 3.05) is 0 Å². The molecule has 0 radical (unpaired) electrons. The minimum Gasteiger partial charge on any atom is -0.507 e. The van der Waals surface area contributed by atoms with Crippen molar-refractivity contribution in [2.45, 2.75) is 6.61 Å². The average Bonchev–Trinajstić information content (AvgIpc) is 3.15. The van der Waals surface area contributed by atoms with Gasteiger partial charge in [0.2, 0.25) is 5.69 Å². The Morgan fingerprint density at radius 1 is 1.20 bits per heavy atom. The maximum Gasteiger partial charge on any atom is 0.292 e. The Bertz CT molecular complexity index is 1190. The number of nitrogens with zero attached hydrogens (tertiary/aromatic N) is 2. The van der Waals surface area contributed by atoms with Gasteiger partial charge < -0.3 is 9.84 Å². The first kappa shape index (κ1) is 19.6. The van der Waals surface area contributed by atoms with Gasteiger partial charge in [-0.3, -0.25) is 10.2 Å². The largest absolute Gasteiger partial charge is 0.507 e. The number of fused-ring (bicyclic) bond motifs is 1. The molecular weight excluding hydrogens is 404 g/mol. The van der Waals surface area contributed by atoms with Gasteiger partial charge in [0.15, 0.2) is 5.69 Å². The number of carbonyl (C=O) groups excluding carboxylic acids is 1. The molecule has 1 aliphatic heterocycles. The summed E-state index contributed by atoms with van der Waals surface area (Å²) in [6.07, 6.45) is 3.31. The molecule has 1 heterocycles. The number of aromatic hydroxyl groups is 1. The van der Waals surface area contributed by atoms with Gasteiger partial charge in [-0.1, -0.05) is 23.7 Å². The number of amides is 1. The lowest BCUT2D eigenvalue weighted by Crippen LogP contribution is -2.29. The number of carbonyl (C=O) groups is 1. The molecule has 3 aromatic carbocycles. The SMILES string of the molecule is NNC(=O)c1ccc2c(c1)[N+](=Cc1cc(OCc3cccc(Cl)c3)ccc1O)C=N2. The number of benzene rings is 3. The van der Waals surface area contributed by atoms with Gasteiger partial charge in [0.1, 0.15) is 24.3 Å². The second kappa shape index (κ2) is 8.36. The second-order valence-corrected chi connectivity index (χ2v) is 7.03. The zero-order valence-corrected chi connectivity index (χ0v) is 16.5. The fourth-order valence-corrected chi connectivity index (χ4v) is 3.24. The molecule has 0 fully saturated rings. The third-order valence-electron chi connectivity index (χ3n) is 4.54. The Kier molecular flexibility index (Phi) is 5.47. The van der Waals surface area contributed by atoms with Crippen molar-refractivity contribution in [3.05, 3.63) is 82.4 Å². The molecule has 1 amide bonds. The van der Waals surface area contributed by atoms with Crippen molar-refractivity contribution in [1.29, 1.82) is 0 Å². The highest BCUT2D eigenvalue weighted by Crippen LogP contribution is 2.33. The molecule has 1 aliphatic rings. The molecule has 7 nitrogen and oxygen atoms in total. The quantitative estimate of drug-likeness (QED) is 0.253. The summed E-state index contributed by atoms with van der Waals surface area (Å²) in [4.78, 5) is 16.1. The molecule has 8 heteroatoms. The molecule has 0 aromatic heterocycles. The van der Waals surface area contributed by atoms with Gasteiger partial charge in [0.25, 0.3) is 12.2 Å². The number of nitrogens with one attached hydrogen (secondary N) is 1. The number of phenols is 1. The summed E-state index contributed by atoms with van der Waals surface area (Å²) in [5.41, 5.74) is 5.38. The number of nitrogens with two attached hydrogens (primary N) is 1.